The SMILES string of the molecule is CC(C)(C)CC(=O)N(Cc1cccc(CN)c1)Cc1cccc(-c2ccc(N3CCOCC3)c(NC(=O)c3cccs3)c2)c1. The molecule has 1 saturated heterocycles. The van der Waals surface area contributed by atoms with Crippen molar-refractivity contribution in [1.29, 1.82) is 0 Å². The van der Waals surface area contributed by atoms with Gasteiger partial charge in [-0.1, -0.05) is 75.4 Å². The molecule has 0 atom stereocenters. The zero-order valence-corrected chi connectivity index (χ0v) is 26.7. The maximum atomic E-state index is 13.6. The topological polar surface area (TPSA) is 87.9 Å². The Morgan fingerprint density at radius 3 is 2.25 bits per heavy atom. The van der Waals surface area contributed by atoms with Crippen molar-refractivity contribution in [2.75, 3.05) is 36.5 Å². The average molecular weight is 611 g/mol. The van der Waals surface area contributed by atoms with Crippen molar-refractivity contribution in [2.24, 2.45) is 11.1 Å². The van der Waals surface area contributed by atoms with Gasteiger partial charge in [-0.2, -0.15) is 0 Å². The van der Waals surface area contributed by atoms with Gasteiger partial charge >= 0.3 is 0 Å². The summed E-state index contributed by atoms with van der Waals surface area (Å²) in [6.07, 6.45) is 0.458. The van der Waals surface area contributed by atoms with Gasteiger partial charge in [-0.05, 0) is 62.9 Å². The minimum Gasteiger partial charge on any atom is -0.378 e. The lowest BCUT2D eigenvalue weighted by Gasteiger charge is -2.31. The predicted octanol–water partition coefficient (Wildman–Crippen LogP) is 6.93. The number of nitrogens with zero attached hydrogens (tertiary/aromatic N) is 2. The minimum atomic E-state index is -0.123. The van der Waals surface area contributed by atoms with E-state index < -0.39 is 0 Å². The van der Waals surface area contributed by atoms with E-state index in [9.17, 15) is 9.59 Å². The summed E-state index contributed by atoms with van der Waals surface area (Å²) in [5, 5.41) is 5.07. The van der Waals surface area contributed by atoms with Gasteiger partial charge in [0.2, 0.25) is 5.91 Å². The molecule has 1 aromatic heterocycles. The van der Waals surface area contributed by atoms with Crippen LogP contribution >= 0.6 is 11.3 Å². The van der Waals surface area contributed by atoms with Crippen LogP contribution in [0.2, 0.25) is 0 Å². The molecule has 0 aliphatic carbocycles. The number of nitrogens with one attached hydrogen (secondary N) is 1. The lowest BCUT2D eigenvalue weighted by atomic mass is 9.91. The number of morpholine rings is 1. The summed E-state index contributed by atoms with van der Waals surface area (Å²) in [5.41, 5.74) is 12.7. The molecule has 1 aliphatic rings. The van der Waals surface area contributed by atoms with Crippen molar-refractivity contribution >= 4 is 34.5 Å². The van der Waals surface area contributed by atoms with Crippen molar-refractivity contribution in [2.45, 2.75) is 46.8 Å². The molecule has 2 heterocycles. The fourth-order valence-corrected chi connectivity index (χ4v) is 6.05. The predicted molar refractivity (Wildman–Crippen MR) is 180 cm³/mol. The summed E-state index contributed by atoms with van der Waals surface area (Å²) in [4.78, 5) is 31.5. The van der Waals surface area contributed by atoms with Gasteiger partial charge in [0, 0.05) is 39.1 Å². The van der Waals surface area contributed by atoms with Crippen LogP contribution in [0, 0.1) is 5.41 Å². The molecule has 230 valence electrons. The Hall–Kier alpha value is -3.98. The van der Waals surface area contributed by atoms with Gasteiger partial charge in [0.25, 0.3) is 5.91 Å². The molecule has 0 saturated carbocycles. The lowest BCUT2D eigenvalue weighted by molar-refractivity contribution is -0.134. The Kier molecular flexibility index (Phi) is 10.1. The van der Waals surface area contributed by atoms with E-state index in [-0.39, 0.29) is 17.2 Å². The van der Waals surface area contributed by atoms with Crippen LogP contribution in [-0.4, -0.2) is 43.0 Å². The second kappa shape index (κ2) is 14.2. The molecule has 8 heteroatoms. The van der Waals surface area contributed by atoms with Crippen LogP contribution in [0.15, 0.2) is 84.2 Å². The number of hydrogen-bond acceptors (Lipinski definition) is 6. The van der Waals surface area contributed by atoms with Gasteiger partial charge in [0.05, 0.1) is 29.5 Å². The number of thiophene rings is 1. The van der Waals surface area contributed by atoms with E-state index in [1.54, 1.807) is 0 Å². The quantitative estimate of drug-likeness (QED) is 0.203. The van der Waals surface area contributed by atoms with E-state index in [4.69, 9.17) is 10.5 Å². The summed E-state index contributed by atoms with van der Waals surface area (Å²) in [7, 11) is 0. The number of rotatable bonds is 10. The van der Waals surface area contributed by atoms with E-state index in [0.29, 0.717) is 44.1 Å². The fourth-order valence-electron chi connectivity index (χ4n) is 5.43. The van der Waals surface area contributed by atoms with Gasteiger partial charge in [0.15, 0.2) is 0 Å². The van der Waals surface area contributed by atoms with Gasteiger partial charge in [-0.3, -0.25) is 9.59 Å². The van der Waals surface area contributed by atoms with Crippen molar-refractivity contribution in [3.8, 4) is 11.1 Å². The highest BCUT2D eigenvalue weighted by molar-refractivity contribution is 7.12. The monoisotopic (exact) mass is 610 g/mol. The number of ether oxygens (including phenoxy) is 1. The Morgan fingerprint density at radius 1 is 0.886 bits per heavy atom. The smallest absolute Gasteiger partial charge is 0.265 e. The molecule has 0 spiro atoms. The number of anilines is 2. The third-order valence-corrected chi connectivity index (χ3v) is 8.48. The van der Waals surface area contributed by atoms with Crippen LogP contribution in [0.3, 0.4) is 0 Å². The Bertz CT molecular complexity index is 1570. The Labute approximate surface area is 264 Å². The van der Waals surface area contributed by atoms with Gasteiger partial charge < -0.3 is 25.6 Å². The van der Waals surface area contributed by atoms with E-state index in [1.807, 2.05) is 40.6 Å². The van der Waals surface area contributed by atoms with Crippen molar-refractivity contribution < 1.29 is 14.3 Å². The number of hydrogen-bond donors (Lipinski definition) is 2. The van der Waals surface area contributed by atoms with E-state index in [1.165, 1.54) is 11.3 Å². The highest BCUT2D eigenvalue weighted by atomic mass is 32.1. The number of amides is 2. The normalized spacial score (nSPS) is 13.5. The van der Waals surface area contributed by atoms with Crippen molar-refractivity contribution in [3.05, 3.63) is 106 Å². The second-order valence-electron chi connectivity index (χ2n) is 12.5. The van der Waals surface area contributed by atoms with Gasteiger partial charge in [0.1, 0.15) is 0 Å². The Morgan fingerprint density at radius 2 is 1.57 bits per heavy atom. The van der Waals surface area contributed by atoms with Crippen LogP contribution in [-0.2, 0) is 29.2 Å². The van der Waals surface area contributed by atoms with Crippen LogP contribution in [0.1, 0.15) is 53.6 Å². The summed E-state index contributed by atoms with van der Waals surface area (Å²) < 4.78 is 5.57. The zero-order valence-electron chi connectivity index (χ0n) is 25.8. The Balaban J connectivity index is 1.43. The first-order chi connectivity index (χ1) is 21.2. The van der Waals surface area contributed by atoms with Crippen molar-refractivity contribution in [1.82, 2.24) is 4.90 Å². The highest BCUT2D eigenvalue weighted by Crippen LogP contribution is 2.33. The van der Waals surface area contributed by atoms with E-state index in [2.05, 4.69) is 79.5 Å². The number of carbonyl (C=O) groups excluding carboxylic acids is 2. The summed E-state index contributed by atoms with van der Waals surface area (Å²) in [5.74, 6) is 0.00149. The summed E-state index contributed by atoms with van der Waals surface area (Å²) >= 11 is 1.42. The molecule has 4 aromatic rings. The zero-order chi connectivity index (χ0) is 31.1. The number of carbonyl (C=O) groups is 2. The molecule has 0 radical (unpaired) electrons. The van der Waals surface area contributed by atoms with E-state index in [0.717, 1.165) is 52.3 Å². The molecule has 1 aliphatic heterocycles. The molecule has 5 rings (SSSR count). The third kappa shape index (κ3) is 8.34. The summed E-state index contributed by atoms with van der Waals surface area (Å²) in [6, 6.07) is 26.4. The summed E-state index contributed by atoms with van der Waals surface area (Å²) in [6.45, 7) is 10.6. The van der Waals surface area contributed by atoms with Crippen LogP contribution in [0.5, 0.6) is 0 Å². The van der Waals surface area contributed by atoms with Crippen LogP contribution in [0.25, 0.3) is 11.1 Å². The standard InChI is InChI=1S/C36H42N4O3S/c1-36(2,3)22-34(41)40(24-27-8-4-7-26(19-27)23-37)25-28-9-5-10-29(20-28)30-12-13-32(39-14-16-43-17-15-39)31(21-30)38-35(42)33-11-6-18-44-33/h4-13,18-21H,14-17,22-25,37H2,1-3H3,(H,38,42). The molecule has 1 fully saturated rings. The maximum absolute atomic E-state index is 13.6. The lowest BCUT2D eigenvalue weighted by Crippen LogP contribution is -2.36. The number of nitrogens with two attached hydrogens (primary N) is 1. The number of benzene rings is 3. The van der Waals surface area contributed by atoms with Crippen LogP contribution < -0.4 is 16.0 Å². The first-order valence-corrected chi connectivity index (χ1v) is 16.0. The first-order valence-electron chi connectivity index (χ1n) is 15.1. The van der Waals surface area contributed by atoms with Gasteiger partial charge in [-0.15, -0.1) is 11.3 Å². The molecule has 7 nitrogen and oxygen atoms in total. The largest absolute Gasteiger partial charge is 0.378 e. The van der Waals surface area contributed by atoms with Crippen molar-refractivity contribution in [3.63, 3.8) is 0 Å². The fraction of sp³-hybridized carbons (Fsp3) is 0.333. The van der Waals surface area contributed by atoms with Gasteiger partial charge in [-0.25, -0.2) is 0 Å². The molecular weight excluding hydrogens is 568 g/mol. The molecule has 44 heavy (non-hydrogen) atoms. The molecule has 2 amide bonds. The molecular formula is C36H42N4O3S. The second-order valence-corrected chi connectivity index (χ2v) is 13.4. The molecule has 3 aromatic carbocycles. The molecule has 3 N–H and O–H groups in total. The van der Waals surface area contributed by atoms with Crippen LogP contribution in [0.4, 0.5) is 11.4 Å². The highest BCUT2D eigenvalue weighted by Gasteiger charge is 2.23. The molecule has 0 bridgehead atoms. The average Bonchev–Trinajstić information content (AvgIpc) is 3.56. The third-order valence-electron chi connectivity index (χ3n) is 7.61. The maximum Gasteiger partial charge on any atom is 0.265 e. The minimum absolute atomic E-state index is 0.118. The molecule has 0 unspecified atom stereocenters. The first kappa shape index (κ1) is 31.4. The van der Waals surface area contributed by atoms with E-state index >= 15 is 0 Å².